The second-order valence-corrected chi connectivity index (χ2v) is 9.11. The molecule has 0 saturated heterocycles. The molecule has 0 unspecified atom stereocenters. The van der Waals surface area contributed by atoms with E-state index in [4.69, 9.17) is 9.72 Å². The van der Waals surface area contributed by atoms with Gasteiger partial charge >= 0.3 is 0 Å². The lowest BCUT2D eigenvalue weighted by Crippen LogP contribution is -2.09. The molecule has 0 aliphatic rings. The summed E-state index contributed by atoms with van der Waals surface area (Å²) in [6.45, 7) is 4.18. The predicted octanol–water partition coefficient (Wildman–Crippen LogP) is 6.20. The second kappa shape index (κ2) is 9.02. The van der Waals surface area contributed by atoms with Crippen molar-refractivity contribution in [3.05, 3.63) is 72.9 Å². The molecule has 0 aliphatic heterocycles. The molecule has 0 amide bonds. The average Bonchev–Trinajstić information content (AvgIpc) is 3.51. The van der Waals surface area contributed by atoms with Gasteiger partial charge in [-0.2, -0.15) is 5.10 Å². The summed E-state index contributed by atoms with van der Waals surface area (Å²) >= 11 is 0. The maximum atomic E-state index is 14.2. The Balaban J connectivity index is 1.45. The number of H-pyrrole nitrogens is 2. The van der Waals surface area contributed by atoms with Crippen molar-refractivity contribution in [3.63, 3.8) is 0 Å². The molecule has 37 heavy (non-hydrogen) atoms. The number of aromatic amines is 2. The molecule has 9 heteroatoms. The summed E-state index contributed by atoms with van der Waals surface area (Å²) < 4.78 is 19.5. The zero-order valence-corrected chi connectivity index (χ0v) is 20.5. The van der Waals surface area contributed by atoms with Crippen molar-refractivity contribution in [1.82, 2.24) is 30.1 Å². The number of halogens is 1. The smallest absolute Gasteiger partial charge is 0.160 e. The molecule has 6 aromatic rings. The minimum Gasteiger partial charge on any atom is -0.497 e. The number of ether oxygens (including phenoxy) is 1. The standard InChI is InChI=1S/C28H24FN7O/c1-15(2)32-20-9-18(13-30-14-20)16-4-5-24-23(11-16)26(36-35-24)28-33-25-22(6-7-31-27(25)34-28)17-8-19(29)12-21(10-17)37-3/h4-15,32H,1-3H3,(H,35,36)(H,31,33,34). The number of benzene rings is 2. The van der Waals surface area contributed by atoms with Gasteiger partial charge in [0.15, 0.2) is 11.5 Å². The Morgan fingerprint density at radius 1 is 0.973 bits per heavy atom. The van der Waals surface area contributed by atoms with Gasteiger partial charge in [0.05, 0.1) is 18.3 Å². The summed E-state index contributed by atoms with van der Waals surface area (Å²) in [6.07, 6.45) is 5.33. The first-order chi connectivity index (χ1) is 18.0. The Morgan fingerprint density at radius 2 is 1.86 bits per heavy atom. The Kier molecular flexibility index (Phi) is 5.52. The third-order valence-corrected chi connectivity index (χ3v) is 6.12. The molecule has 2 aromatic carbocycles. The van der Waals surface area contributed by atoms with Gasteiger partial charge in [-0.25, -0.2) is 14.4 Å². The van der Waals surface area contributed by atoms with E-state index < -0.39 is 0 Å². The number of fused-ring (bicyclic) bond motifs is 2. The fraction of sp³-hybridized carbons (Fsp3) is 0.143. The van der Waals surface area contributed by atoms with Crippen LogP contribution in [0.4, 0.5) is 10.1 Å². The zero-order chi connectivity index (χ0) is 25.5. The summed E-state index contributed by atoms with van der Waals surface area (Å²) in [6, 6.07) is 14.9. The summed E-state index contributed by atoms with van der Waals surface area (Å²) in [4.78, 5) is 17.0. The molecule has 6 rings (SSSR count). The first-order valence-electron chi connectivity index (χ1n) is 11.9. The summed E-state index contributed by atoms with van der Waals surface area (Å²) in [5, 5.41) is 11.9. The zero-order valence-electron chi connectivity index (χ0n) is 20.5. The first-order valence-corrected chi connectivity index (χ1v) is 11.9. The van der Waals surface area contributed by atoms with Crippen molar-refractivity contribution < 1.29 is 9.13 Å². The van der Waals surface area contributed by atoms with Crippen LogP contribution in [0.1, 0.15) is 13.8 Å². The van der Waals surface area contributed by atoms with Crippen LogP contribution in [0.3, 0.4) is 0 Å². The number of rotatable bonds is 6. The Labute approximate surface area is 212 Å². The normalized spacial score (nSPS) is 11.5. The fourth-order valence-corrected chi connectivity index (χ4v) is 4.48. The van der Waals surface area contributed by atoms with Crippen LogP contribution in [0.15, 0.2) is 67.1 Å². The van der Waals surface area contributed by atoms with Gasteiger partial charge in [0.1, 0.15) is 22.8 Å². The van der Waals surface area contributed by atoms with Crippen LogP contribution in [0.25, 0.3) is 55.8 Å². The molecule has 0 bridgehead atoms. The highest BCUT2D eigenvalue weighted by Gasteiger charge is 2.17. The van der Waals surface area contributed by atoms with Crippen molar-refractivity contribution in [3.8, 4) is 39.5 Å². The molecule has 4 aromatic heterocycles. The number of imidazole rings is 1. The average molecular weight is 494 g/mol. The van der Waals surface area contributed by atoms with Crippen LogP contribution in [-0.4, -0.2) is 43.3 Å². The van der Waals surface area contributed by atoms with Crippen molar-refractivity contribution in [2.45, 2.75) is 19.9 Å². The van der Waals surface area contributed by atoms with Gasteiger partial charge in [-0.05, 0) is 61.4 Å². The third-order valence-electron chi connectivity index (χ3n) is 6.12. The van der Waals surface area contributed by atoms with Gasteiger partial charge in [-0.15, -0.1) is 0 Å². The highest BCUT2D eigenvalue weighted by Crippen LogP contribution is 2.34. The molecule has 0 saturated carbocycles. The molecular formula is C28H24FN7O. The van der Waals surface area contributed by atoms with Crippen molar-refractivity contribution in [2.75, 3.05) is 12.4 Å². The number of anilines is 1. The molecule has 0 atom stereocenters. The lowest BCUT2D eigenvalue weighted by Gasteiger charge is -2.11. The maximum absolute atomic E-state index is 14.2. The molecule has 0 fully saturated rings. The minimum atomic E-state index is -0.386. The minimum absolute atomic E-state index is 0.306. The van der Waals surface area contributed by atoms with Crippen LogP contribution in [-0.2, 0) is 0 Å². The predicted molar refractivity (Wildman–Crippen MR) is 143 cm³/mol. The molecule has 0 aliphatic carbocycles. The SMILES string of the molecule is COc1cc(F)cc(-c2ccnc3[nH]c(-c4n[nH]c5ccc(-c6cncc(NC(C)C)c6)cc45)nc23)c1. The van der Waals surface area contributed by atoms with E-state index in [2.05, 4.69) is 56.4 Å². The van der Waals surface area contributed by atoms with Crippen LogP contribution in [0.5, 0.6) is 5.75 Å². The van der Waals surface area contributed by atoms with E-state index in [0.29, 0.717) is 40.0 Å². The largest absolute Gasteiger partial charge is 0.497 e. The van der Waals surface area contributed by atoms with E-state index >= 15 is 0 Å². The van der Waals surface area contributed by atoms with Crippen LogP contribution < -0.4 is 10.1 Å². The molecule has 3 N–H and O–H groups in total. The first kappa shape index (κ1) is 22.7. The van der Waals surface area contributed by atoms with E-state index in [1.165, 1.54) is 19.2 Å². The number of nitrogens with one attached hydrogen (secondary N) is 3. The molecule has 8 nitrogen and oxygen atoms in total. The van der Waals surface area contributed by atoms with Crippen LogP contribution >= 0.6 is 0 Å². The summed E-state index contributed by atoms with van der Waals surface area (Å²) in [5.41, 5.74) is 7.11. The summed E-state index contributed by atoms with van der Waals surface area (Å²) in [7, 11) is 1.51. The highest BCUT2D eigenvalue weighted by molar-refractivity contribution is 5.97. The third kappa shape index (κ3) is 4.24. The molecule has 0 radical (unpaired) electrons. The second-order valence-electron chi connectivity index (χ2n) is 9.11. The van der Waals surface area contributed by atoms with Crippen LogP contribution in [0.2, 0.25) is 0 Å². The maximum Gasteiger partial charge on any atom is 0.160 e. The Hall–Kier alpha value is -4.79. The van der Waals surface area contributed by atoms with E-state index in [0.717, 1.165) is 33.3 Å². The number of hydrogen-bond donors (Lipinski definition) is 3. The van der Waals surface area contributed by atoms with Crippen molar-refractivity contribution >= 4 is 27.8 Å². The molecular weight excluding hydrogens is 469 g/mol. The van der Waals surface area contributed by atoms with Gasteiger partial charge in [0, 0.05) is 47.2 Å². The Bertz CT molecular complexity index is 1760. The number of pyridine rings is 2. The van der Waals surface area contributed by atoms with Gasteiger partial charge in [0.25, 0.3) is 0 Å². The number of nitrogens with zero attached hydrogens (tertiary/aromatic N) is 4. The van der Waals surface area contributed by atoms with Crippen LogP contribution in [0, 0.1) is 5.82 Å². The molecule has 0 spiro atoms. The highest BCUT2D eigenvalue weighted by atomic mass is 19.1. The number of hydrogen-bond acceptors (Lipinski definition) is 6. The van der Waals surface area contributed by atoms with Gasteiger partial charge < -0.3 is 15.0 Å². The lowest BCUT2D eigenvalue weighted by atomic mass is 10.0. The topological polar surface area (TPSA) is 104 Å². The lowest BCUT2D eigenvalue weighted by molar-refractivity contribution is 0.411. The quantitative estimate of drug-likeness (QED) is 0.255. The van der Waals surface area contributed by atoms with E-state index in [1.54, 1.807) is 12.3 Å². The molecule has 4 heterocycles. The van der Waals surface area contributed by atoms with E-state index in [-0.39, 0.29) is 5.82 Å². The monoisotopic (exact) mass is 493 g/mol. The fourth-order valence-electron chi connectivity index (χ4n) is 4.48. The molecule has 184 valence electrons. The number of methoxy groups -OCH3 is 1. The van der Waals surface area contributed by atoms with Crippen molar-refractivity contribution in [2.24, 2.45) is 0 Å². The van der Waals surface area contributed by atoms with Gasteiger partial charge in [0.2, 0.25) is 0 Å². The van der Waals surface area contributed by atoms with Gasteiger partial charge in [-0.3, -0.25) is 10.1 Å². The van der Waals surface area contributed by atoms with Gasteiger partial charge in [-0.1, -0.05) is 6.07 Å². The Morgan fingerprint density at radius 3 is 2.70 bits per heavy atom. The van der Waals surface area contributed by atoms with E-state index in [9.17, 15) is 4.39 Å². The van der Waals surface area contributed by atoms with Crippen molar-refractivity contribution in [1.29, 1.82) is 0 Å². The number of aromatic nitrogens is 6. The summed E-state index contributed by atoms with van der Waals surface area (Å²) in [5.74, 6) is 0.613. The van der Waals surface area contributed by atoms with E-state index in [1.807, 2.05) is 30.6 Å².